The molecule has 2 heteroatoms. The molecule has 0 heterocycles. The molecule has 0 radical (unpaired) electrons. The molecule has 0 aromatic carbocycles. The molecule has 0 amide bonds. The molecule has 18 heavy (non-hydrogen) atoms. The fourth-order valence-electron chi connectivity index (χ4n) is 3.67. The van der Waals surface area contributed by atoms with Crippen molar-refractivity contribution in [3.8, 4) is 0 Å². The van der Waals surface area contributed by atoms with Crippen LogP contribution in [0, 0.1) is 17.8 Å². The molecule has 0 aromatic rings. The second-order valence-corrected chi connectivity index (χ2v) is 6.70. The van der Waals surface area contributed by atoms with Crippen LogP contribution in [-0.4, -0.2) is 37.1 Å². The van der Waals surface area contributed by atoms with Crippen molar-refractivity contribution < 1.29 is 0 Å². The Kier molecular flexibility index (Phi) is 6.65. The van der Waals surface area contributed by atoms with Gasteiger partial charge in [0.25, 0.3) is 0 Å². The van der Waals surface area contributed by atoms with Gasteiger partial charge in [0.15, 0.2) is 0 Å². The maximum atomic E-state index is 3.57. The van der Waals surface area contributed by atoms with Crippen molar-refractivity contribution >= 4 is 0 Å². The van der Waals surface area contributed by atoms with Crippen LogP contribution in [0.4, 0.5) is 0 Å². The lowest BCUT2D eigenvalue weighted by molar-refractivity contribution is 0.0899. The highest BCUT2D eigenvalue weighted by Crippen LogP contribution is 2.34. The van der Waals surface area contributed by atoms with Gasteiger partial charge < -0.3 is 10.2 Å². The standard InChI is InChI=1S/C16H34N2/c1-7-8-18(12(2)3)11-15-14(5)9-13(4)10-16(15)17-6/h12-17H,7-11H2,1-6H3. The van der Waals surface area contributed by atoms with E-state index in [1.807, 2.05) is 0 Å². The van der Waals surface area contributed by atoms with Gasteiger partial charge in [0.1, 0.15) is 0 Å². The third-order valence-electron chi connectivity index (χ3n) is 4.74. The van der Waals surface area contributed by atoms with Gasteiger partial charge in [-0.1, -0.05) is 20.8 Å². The molecule has 4 unspecified atom stereocenters. The Hall–Kier alpha value is -0.0800. The number of hydrogen-bond donors (Lipinski definition) is 1. The molecule has 1 aliphatic rings. The SMILES string of the molecule is CCCN(CC1C(C)CC(C)CC1NC)C(C)C. The van der Waals surface area contributed by atoms with Crippen LogP contribution in [0.15, 0.2) is 0 Å². The van der Waals surface area contributed by atoms with Crippen molar-refractivity contribution in [2.45, 2.75) is 66.0 Å². The predicted octanol–water partition coefficient (Wildman–Crippen LogP) is 3.38. The summed E-state index contributed by atoms with van der Waals surface area (Å²) in [5.41, 5.74) is 0. The highest BCUT2D eigenvalue weighted by Gasteiger charge is 2.34. The average Bonchev–Trinajstić information content (AvgIpc) is 2.30. The minimum atomic E-state index is 0.675. The van der Waals surface area contributed by atoms with E-state index in [-0.39, 0.29) is 0 Å². The van der Waals surface area contributed by atoms with Crippen molar-refractivity contribution in [2.24, 2.45) is 17.8 Å². The van der Waals surface area contributed by atoms with Gasteiger partial charge in [0.05, 0.1) is 0 Å². The van der Waals surface area contributed by atoms with Crippen LogP contribution in [0.25, 0.3) is 0 Å². The topological polar surface area (TPSA) is 15.3 Å². The largest absolute Gasteiger partial charge is 0.317 e. The highest BCUT2D eigenvalue weighted by atomic mass is 15.1. The summed E-state index contributed by atoms with van der Waals surface area (Å²) in [4.78, 5) is 2.67. The Bertz CT molecular complexity index is 227. The average molecular weight is 254 g/mol. The molecular weight excluding hydrogens is 220 g/mol. The van der Waals surface area contributed by atoms with E-state index in [9.17, 15) is 0 Å². The van der Waals surface area contributed by atoms with E-state index < -0.39 is 0 Å². The maximum Gasteiger partial charge on any atom is 0.0110 e. The Morgan fingerprint density at radius 3 is 2.39 bits per heavy atom. The minimum Gasteiger partial charge on any atom is -0.317 e. The fourth-order valence-corrected chi connectivity index (χ4v) is 3.67. The molecule has 2 nitrogen and oxygen atoms in total. The van der Waals surface area contributed by atoms with E-state index in [1.165, 1.54) is 32.4 Å². The van der Waals surface area contributed by atoms with Crippen molar-refractivity contribution in [2.75, 3.05) is 20.1 Å². The normalized spacial score (nSPS) is 33.3. The maximum absolute atomic E-state index is 3.57. The first-order valence-corrected chi connectivity index (χ1v) is 7.90. The molecule has 1 N–H and O–H groups in total. The van der Waals surface area contributed by atoms with E-state index in [0.29, 0.717) is 12.1 Å². The number of hydrogen-bond acceptors (Lipinski definition) is 2. The summed E-state index contributed by atoms with van der Waals surface area (Å²) < 4.78 is 0. The van der Waals surface area contributed by atoms with Crippen molar-refractivity contribution in [3.05, 3.63) is 0 Å². The van der Waals surface area contributed by atoms with Crippen LogP contribution in [0.2, 0.25) is 0 Å². The zero-order valence-electron chi connectivity index (χ0n) is 13.4. The second-order valence-electron chi connectivity index (χ2n) is 6.70. The molecule has 0 spiro atoms. The lowest BCUT2D eigenvalue weighted by Crippen LogP contribution is -2.49. The summed E-state index contributed by atoms with van der Waals surface area (Å²) in [6.07, 6.45) is 4.02. The van der Waals surface area contributed by atoms with Crippen molar-refractivity contribution in [3.63, 3.8) is 0 Å². The number of nitrogens with one attached hydrogen (secondary N) is 1. The van der Waals surface area contributed by atoms with E-state index in [0.717, 1.165) is 17.8 Å². The number of rotatable bonds is 6. The molecule has 108 valence electrons. The van der Waals surface area contributed by atoms with E-state index in [2.05, 4.69) is 51.9 Å². The summed E-state index contributed by atoms with van der Waals surface area (Å²) in [7, 11) is 2.14. The molecule has 1 fully saturated rings. The van der Waals surface area contributed by atoms with Gasteiger partial charge in [-0.3, -0.25) is 0 Å². The zero-order valence-corrected chi connectivity index (χ0v) is 13.4. The van der Waals surface area contributed by atoms with Gasteiger partial charge in [-0.05, 0) is 64.5 Å². The second kappa shape index (κ2) is 7.49. The lowest BCUT2D eigenvalue weighted by atomic mass is 9.72. The summed E-state index contributed by atoms with van der Waals surface area (Å²) >= 11 is 0. The summed E-state index contributed by atoms with van der Waals surface area (Å²) in [6.45, 7) is 14.3. The van der Waals surface area contributed by atoms with Crippen LogP contribution in [-0.2, 0) is 0 Å². The van der Waals surface area contributed by atoms with Gasteiger partial charge in [-0.2, -0.15) is 0 Å². The molecular formula is C16H34N2. The Morgan fingerprint density at radius 1 is 1.22 bits per heavy atom. The minimum absolute atomic E-state index is 0.675. The van der Waals surface area contributed by atoms with Crippen molar-refractivity contribution in [1.82, 2.24) is 10.2 Å². The molecule has 0 aromatic heterocycles. The van der Waals surface area contributed by atoms with Crippen LogP contribution in [0.3, 0.4) is 0 Å². The van der Waals surface area contributed by atoms with E-state index >= 15 is 0 Å². The first-order valence-electron chi connectivity index (χ1n) is 7.90. The van der Waals surface area contributed by atoms with Crippen LogP contribution >= 0.6 is 0 Å². The van der Waals surface area contributed by atoms with Crippen LogP contribution in [0.1, 0.15) is 53.9 Å². The number of nitrogens with zero attached hydrogens (tertiary/aromatic N) is 1. The van der Waals surface area contributed by atoms with Gasteiger partial charge in [0.2, 0.25) is 0 Å². The van der Waals surface area contributed by atoms with Gasteiger partial charge >= 0.3 is 0 Å². The molecule has 1 saturated carbocycles. The predicted molar refractivity (Wildman–Crippen MR) is 80.9 cm³/mol. The monoisotopic (exact) mass is 254 g/mol. The van der Waals surface area contributed by atoms with E-state index in [4.69, 9.17) is 0 Å². The van der Waals surface area contributed by atoms with Crippen molar-refractivity contribution in [1.29, 1.82) is 0 Å². The van der Waals surface area contributed by atoms with Gasteiger partial charge in [0, 0.05) is 18.6 Å². The molecule has 1 aliphatic carbocycles. The molecule has 0 saturated heterocycles. The Balaban J connectivity index is 2.65. The summed E-state index contributed by atoms with van der Waals surface area (Å²) in [6, 6.07) is 1.39. The fraction of sp³-hybridized carbons (Fsp3) is 1.00. The lowest BCUT2D eigenvalue weighted by Gasteiger charge is -2.43. The zero-order chi connectivity index (χ0) is 13.7. The summed E-state index contributed by atoms with van der Waals surface area (Å²) in [5, 5.41) is 3.57. The third-order valence-corrected chi connectivity index (χ3v) is 4.74. The van der Waals surface area contributed by atoms with Crippen LogP contribution < -0.4 is 5.32 Å². The van der Waals surface area contributed by atoms with E-state index in [1.54, 1.807) is 0 Å². The third kappa shape index (κ3) is 4.24. The quantitative estimate of drug-likeness (QED) is 0.782. The Morgan fingerprint density at radius 2 is 1.89 bits per heavy atom. The van der Waals surface area contributed by atoms with Gasteiger partial charge in [-0.15, -0.1) is 0 Å². The molecule has 1 rings (SSSR count). The first kappa shape index (κ1) is 16.0. The van der Waals surface area contributed by atoms with Gasteiger partial charge in [-0.25, -0.2) is 0 Å². The molecule has 0 bridgehead atoms. The smallest absolute Gasteiger partial charge is 0.0110 e. The first-order chi connectivity index (χ1) is 8.49. The highest BCUT2D eigenvalue weighted by molar-refractivity contribution is 4.89. The van der Waals surface area contributed by atoms with Crippen LogP contribution in [0.5, 0.6) is 0 Å². The molecule has 4 atom stereocenters. The summed E-state index contributed by atoms with van der Waals surface area (Å²) in [5.74, 6) is 2.55. The molecule has 0 aliphatic heterocycles. The Labute approximate surface area is 115 Å².